The van der Waals surface area contributed by atoms with Crippen molar-refractivity contribution in [3.05, 3.63) is 59.4 Å². The number of piperidine rings is 2. The van der Waals surface area contributed by atoms with E-state index in [9.17, 15) is 14.3 Å². The zero-order valence-corrected chi connectivity index (χ0v) is 23.3. The molecule has 39 heavy (non-hydrogen) atoms. The standard InChI is InChI=1S/C32H43FN4O2/c1-34-18-20-35(21-19-34)29-13-10-27(33)23-25(29)22-24-6-4-17-36(31(24)37-16-3-2-7-30(37)38)28-11-8-26(9-12-28)32(39)14-5-15-32/h8-13,23-24,31,39H,2-7,14-22H2,1H3. The van der Waals surface area contributed by atoms with Gasteiger partial charge in [0, 0.05) is 63.0 Å². The summed E-state index contributed by atoms with van der Waals surface area (Å²) in [6.07, 6.45) is 8.07. The highest BCUT2D eigenvalue weighted by atomic mass is 19.1. The van der Waals surface area contributed by atoms with Gasteiger partial charge in [0.25, 0.3) is 0 Å². The van der Waals surface area contributed by atoms with Gasteiger partial charge in [-0.15, -0.1) is 0 Å². The highest BCUT2D eigenvalue weighted by Gasteiger charge is 2.40. The Bertz CT molecular complexity index is 1160. The number of halogens is 1. The summed E-state index contributed by atoms with van der Waals surface area (Å²) in [7, 11) is 2.15. The molecule has 0 spiro atoms. The molecular weight excluding hydrogens is 491 g/mol. The Kier molecular flexibility index (Phi) is 7.56. The smallest absolute Gasteiger partial charge is 0.224 e. The molecule has 4 fully saturated rings. The third-order valence-corrected chi connectivity index (χ3v) is 9.68. The van der Waals surface area contributed by atoms with Crippen LogP contribution in [0.25, 0.3) is 0 Å². The van der Waals surface area contributed by atoms with Gasteiger partial charge in [-0.1, -0.05) is 12.1 Å². The summed E-state index contributed by atoms with van der Waals surface area (Å²) in [4.78, 5) is 22.6. The maximum atomic E-state index is 14.6. The van der Waals surface area contributed by atoms with E-state index in [1.165, 1.54) is 0 Å². The molecule has 6 nitrogen and oxygen atoms in total. The molecule has 1 N–H and O–H groups in total. The van der Waals surface area contributed by atoms with E-state index in [-0.39, 0.29) is 23.8 Å². The van der Waals surface area contributed by atoms with E-state index in [0.29, 0.717) is 6.42 Å². The van der Waals surface area contributed by atoms with E-state index < -0.39 is 5.60 Å². The molecular formula is C32H43FN4O2. The summed E-state index contributed by atoms with van der Waals surface area (Å²) < 4.78 is 14.6. The number of piperazine rings is 1. The van der Waals surface area contributed by atoms with Crippen LogP contribution in [0, 0.1) is 11.7 Å². The quantitative estimate of drug-likeness (QED) is 0.580. The highest BCUT2D eigenvalue weighted by molar-refractivity contribution is 5.78. The van der Waals surface area contributed by atoms with Crippen LogP contribution >= 0.6 is 0 Å². The van der Waals surface area contributed by atoms with Crippen molar-refractivity contribution in [1.29, 1.82) is 0 Å². The first-order valence-corrected chi connectivity index (χ1v) is 15.0. The molecule has 0 bridgehead atoms. The van der Waals surface area contributed by atoms with Gasteiger partial charge in [0.15, 0.2) is 0 Å². The number of hydrogen-bond acceptors (Lipinski definition) is 5. The predicted octanol–water partition coefficient (Wildman–Crippen LogP) is 4.75. The van der Waals surface area contributed by atoms with Crippen molar-refractivity contribution in [1.82, 2.24) is 9.80 Å². The first kappa shape index (κ1) is 26.6. The fourth-order valence-electron chi connectivity index (χ4n) is 7.20. The molecule has 7 heteroatoms. The molecule has 2 aromatic carbocycles. The molecule has 2 unspecified atom stereocenters. The van der Waals surface area contributed by atoms with Crippen molar-refractivity contribution in [2.45, 2.75) is 69.6 Å². The number of rotatable bonds is 6. The van der Waals surface area contributed by atoms with Crippen molar-refractivity contribution in [3.63, 3.8) is 0 Å². The molecule has 4 aliphatic rings. The van der Waals surface area contributed by atoms with Crippen LogP contribution < -0.4 is 9.80 Å². The van der Waals surface area contributed by atoms with Gasteiger partial charge in [-0.25, -0.2) is 4.39 Å². The second-order valence-corrected chi connectivity index (χ2v) is 12.3. The van der Waals surface area contributed by atoms with Crippen molar-refractivity contribution in [3.8, 4) is 0 Å². The minimum absolute atomic E-state index is 0.0483. The fourth-order valence-corrected chi connectivity index (χ4v) is 7.20. The largest absolute Gasteiger partial charge is 0.385 e. The molecule has 1 aliphatic carbocycles. The van der Waals surface area contributed by atoms with Crippen LogP contribution in [0.2, 0.25) is 0 Å². The normalized spacial score (nSPS) is 26.0. The number of amides is 1. The van der Waals surface area contributed by atoms with Crippen LogP contribution in [0.3, 0.4) is 0 Å². The Hall–Kier alpha value is -2.64. The molecule has 3 heterocycles. The molecule has 1 saturated carbocycles. The average molecular weight is 535 g/mol. The summed E-state index contributed by atoms with van der Waals surface area (Å²) in [5.74, 6) is 0.261. The lowest BCUT2D eigenvalue weighted by atomic mass is 9.75. The Morgan fingerprint density at radius 1 is 0.897 bits per heavy atom. The molecule has 1 amide bonds. The molecule has 6 rings (SSSR count). The monoisotopic (exact) mass is 534 g/mol. The minimum atomic E-state index is -0.678. The van der Waals surface area contributed by atoms with Gasteiger partial charge in [-0.2, -0.15) is 0 Å². The van der Waals surface area contributed by atoms with Crippen LogP contribution in [-0.4, -0.2) is 73.3 Å². The number of carbonyl (C=O) groups is 1. The van der Waals surface area contributed by atoms with Gasteiger partial charge in [0.2, 0.25) is 5.91 Å². The Morgan fingerprint density at radius 2 is 1.64 bits per heavy atom. The number of hydrogen-bond donors (Lipinski definition) is 1. The van der Waals surface area contributed by atoms with Gasteiger partial charge in [0.05, 0.1) is 5.60 Å². The average Bonchev–Trinajstić information content (AvgIpc) is 2.93. The second-order valence-electron chi connectivity index (χ2n) is 12.3. The maximum absolute atomic E-state index is 14.6. The van der Waals surface area contributed by atoms with Gasteiger partial charge < -0.3 is 24.7 Å². The number of anilines is 2. The van der Waals surface area contributed by atoms with E-state index in [1.807, 2.05) is 6.07 Å². The molecule has 210 valence electrons. The first-order valence-electron chi connectivity index (χ1n) is 15.0. The van der Waals surface area contributed by atoms with Crippen LogP contribution in [0.15, 0.2) is 42.5 Å². The van der Waals surface area contributed by atoms with Crippen LogP contribution in [0.5, 0.6) is 0 Å². The predicted molar refractivity (Wildman–Crippen MR) is 153 cm³/mol. The Morgan fingerprint density at radius 3 is 2.33 bits per heavy atom. The van der Waals surface area contributed by atoms with Gasteiger partial charge >= 0.3 is 0 Å². The summed E-state index contributed by atoms with van der Waals surface area (Å²) in [6, 6.07) is 13.7. The van der Waals surface area contributed by atoms with E-state index in [1.54, 1.807) is 12.1 Å². The first-order chi connectivity index (χ1) is 18.9. The van der Waals surface area contributed by atoms with Crippen molar-refractivity contribution >= 4 is 17.3 Å². The Labute approximate surface area is 232 Å². The summed E-state index contributed by atoms with van der Waals surface area (Å²) in [5, 5.41) is 10.8. The third-order valence-electron chi connectivity index (χ3n) is 9.68. The highest BCUT2D eigenvalue weighted by Crippen LogP contribution is 2.42. The number of aliphatic hydroxyl groups is 1. The summed E-state index contributed by atoms with van der Waals surface area (Å²) in [5.41, 5.74) is 3.62. The summed E-state index contributed by atoms with van der Waals surface area (Å²) in [6.45, 7) is 5.57. The molecule has 2 aromatic rings. The number of benzene rings is 2. The fraction of sp³-hybridized carbons (Fsp3) is 0.594. The van der Waals surface area contributed by atoms with E-state index in [2.05, 4.69) is 50.9 Å². The van der Waals surface area contributed by atoms with Crippen LogP contribution in [0.4, 0.5) is 15.8 Å². The lowest BCUT2D eigenvalue weighted by Crippen LogP contribution is -2.59. The minimum Gasteiger partial charge on any atom is -0.385 e. The van der Waals surface area contributed by atoms with Crippen LogP contribution in [-0.2, 0) is 16.8 Å². The SMILES string of the molecule is CN1CCN(c2ccc(F)cc2CC2CCCN(c3ccc(C4(O)CCC4)cc3)C2N2CCCCC2=O)CC1. The Balaban J connectivity index is 1.31. The van der Waals surface area contributed by atoms with Crippen molar-refractivity contribution in [2.75, 3.05) is 56.1 Å². The lowest BCUT2D eigenvalue weighted by Gasteiger charge is -2.49. The second kappa shape index (κ2) is 11.1. The number of nitrogens with zero attached hydrogens (tertiary/aromatic N) is 4. The van der Waals surface area contributed by atoms with E-state index in [0.717, 1.165) is 113 Å². The zero-order chi connectivity index (χ0) is 27.0. The lowest BCUT2D eigenvalue weighted by molar-refractivity contribution is -0.137. The number of likely N-dealkylation sites (N-methyl/N-ethyl adjacent to an activating group) is 1. The zero-order valence-electron chi connectivity index (χ0n) is 23.3. The molecule has 0 aromatic heterocycles. The van der Waals surface area contributed by atoms with E-state index >= 15 is 0 Å². The van der Waals surface area contributed by atoms with E-state index in [4.69, 9.17) is 0 Å². The van der Waals surface area contributed by atoms with Crippen molar-refractivity contribution in [2.24, 2.45) is 5.92 Å². The van der Waals surface area contributed by atoms with Crippen molar-refractivity contribution < 1.29 is 14.3 Å². The molecule has 0 radical (unpaired) electrons. The number of likely N-dealkylation sites (tertiary alicyclic amines) is 1. The topological polar surface area (TPSA) is 50.3 Å². The molecule has 3 saturated heterocycles. The van der Waals surface area contributed by atoms with Gasteiger partial charge in [-0.05, 0) is 99.9 Å². The molecule has 2 atom stereocenters. The van der Waals surface area contributed by atoms with Crippen LogP contribution in [0.1, 0.15) is 62.5 Å². The third kappa shape index (κ3) is 5.40. The van der Waals surface area contributed by atoms with Gasteiger partial charge in [-0.3, -0.25) is 4.79 Å². The number of carbonyl (C=O) groups excluding carboxylic acids is 1. The summed E-state index contributed by atoms with van der Waals surface area (Å²) >= 11 is 0. The maximum Gasteiger partial charge on any atom is 0.224 e. The van der Waals surface area contributed by atoms with Gasteiger partial charge in [0.1, 0.15) is 12.0 Å². The molecule has 3 aliphatic heterocycles.